The molecule has 1 aliphatic carbocycles. The molecule has 0 spiro atoms. The Labute approximate surface area is 117 Å². The summed E-state index contributed by atoms with van der Waals surface area (Å²) in [5.74, 6) is -1.22. The molecule has 2 fully saturated rings. The van der Waals surface area contributed by atoms with Crippen LogP contribution in [0.1, 0.15) is 33.6 Å². The third-order valence-corrected chi connectivity index (χ3v) is 4.05. The van der Waals surface area contributed by atoms with Gasteiger partial charge in [-0.15, -0.1) is 0 Å². The van der Waals surface area contributed by atoms with Crippen LogP contribution in [0.3, 0.4) is 0 Å². The highest BCUT2D eigenvalue weighted by Gasteiger charge is 2.33. The minimum absolute atomic E-state index is 0.0853. The predicted octanol–water partition coefficient (Wildman–Crippen LogP) is 1.30. The van der Waals surface area contributed by atoms with Gasteiger partial charge in [0, 0.05) is 32.2 Å². The van der Waals surface area contributed by atoms with E-state index in [0.717, 1.165) is 19.1 Å². The Kier molecular flexibility index (Phi) is 3.44. The molecule has 1 aromatic carbocycles. The lowest BCUT2D eigenvalue weighted by molar-refractivity contribution is 0.0608. The Bertz CT molecular complexity index is 532. The van der Waals surface area contributed by atoms with Gasteiger partial charge >= 0.3 is 5.97 Å². The average molecular weight is 274 g/mol. The van der Waals surface area contributed by atoms with Gasteiger partial charge in [-0.05, 0) is 25.0 Å². The molecule has 0 bridgehead atoms. The molecule has 1 saturated heterocycles. The van der Waals surface area contributed by atoms with Crippen LogP contribution in [0.2, 0.25) is 0 Å². The summed E-state index contributed by atoms with van der Waals surface area (Å²) in [6.45, 7) is 3.16. The second kappa shape index (κ2) is 5.25. The van der Waals surface area contributed by atoms with Gasteiger partial charge in [-0.3, -0.25) is 9.69 Å². The summed E-state index contributed by atoms with van der Waals surface area (Å²) in [7, 11) is 0. The van der Waals surface area contributed by atoms with Gasteiger partial charge in [-0.1, -0.05) is 12.1 Å². The lowest BCUT2D eigenvalue weighted by Gasteiger charge is -2.35. The zero-order valence-corrected chi connectivity index (χ0v) is 11.3. The zero-order chi connectivity index (χ0) is 14.1. The lowest BCUT2D eigenvalue weighted by Crippen LogP contribution is -2.49. The van der Waals surface area contributed by atoms with Crippen LogP contribution >= 0.6 is 0 Å². The third kappa shape index (κ3) is 2.54. The van der Waals surface area contributed by atoms with Crippen LogP contribution in [0.25, 0.3) is 0 Å². The van der Waals surface area contributed by atoms with E-state index in [9.17, 15) is 9.59 Å². The van der Waals surface area contributed by atoms with E-state index in [1.54, 1.807) is 23.1 Å². The van der Waals surface area contributed by atoms with Crippen molar-refractivity contribution in [1.82, 2.24) is 9.80 Å². The normalized spacial score (nSPS) is 19.9. The van der Waals surface area contributed by atoms with E-state index in [4.69, 9.17) is 5.11 Å². The molecule has 1 heterocycles. The molecule has 0 radical (unpaired) electrons. The number of carbonyl (C=O) groups is 2. The molecule has 5 heteroatoms. The number of carboxylic acid groups (broad SMARTS) is 1. The van der Waals surface area contributed by atoms with Gasteiger partial charge in [-0.25, -0.2) is 4.79 Å². The first kappa shape index (κ1) is 13.1. The number of benzene rings is 1. The van der Waals surface area contributed by atoms with E-state index >= 15 is 0 Å². The van der Waals surface area contributed by atoms with Crippen molar-refractivity contribution in [2.75, 3.05) is 26.2 Å². The lowest BCUT2D eigenvalue weighted by atomic mass is 10.1. The Hall–Kier alpha value is -1.88. The average Bonchev–Trinajstić information content (AvgIpc) is 3.31. The van der Waals surface area contributed by atoms with E-state index in [1.165, 1.54) is 18.9 Å². The SMILES string of the molecule is O=C(O)c1ccccc1C(=O)N1CCN(C2CC2)CC1. The Morgan fingerprint density at radius 3 is 2.15 bits per heavy atom. The number of aromatic carboxylic acids is 1. The number of amides is 1. The van der Waals surface area contributed by atoms with Gasteiger partial charge in [0.15, 0.2) is 0 Å². The summed E-state index contributed by atoms with van der Waals surface area (Å²) in [5, 5.41) is 9.16. The molecule has 2 aliphatic rings. The largest absolute Gasteiger partial charge is 0.478 e. The maximum Gasteiger partial charge on any atom is 0.336 e. The van der Waals surface area contributed by atoms with Crippen LogP contribution in [0.5, 0.6) is 0 Å². The first-order valence-corrected chi connectivity index (χ1v) is 7.02. The maximum atomic E-state index is 12.5. The molecule has 1 aromatic rings. The number of carbonyl (C=O) groups excluding carboxylic acids is 1. The Morgan fingerprint density at radius 1 is 1.00 bits per heavy atom. The van der Waals surface area contributed by atoms with Crippen molar-refractivity contribution in [3.63, 3.8) is 0 Å². The quantitative estimate of drug-likeness (QED) is 0.902. The van der Waals surface area contributed by atoms with Gasteiger partial charge in [0.25, 0.3) is 5.91 Å². The van der Waals surface area contributed by atoms with E-state index in [0.29, 0.717) is 18.7 Å². The molecular weight excluding hydrogens is 256 g/mol. The monoisotopic (exact) mass is 274 g/mol. The molecule has 3 rings (SSSR count). The number of hydrogen-bond acceptors (Lipinski definition) is 3. The molecule has 0 aromatic heterocycles. The number of rotatable bonds is 3. The number of nitrogens with zero attached hydrogens (tertiary/aromatic N) is 2. The summed E-state index contributed by atoms with van der Waals surface area (Å²) in [6, 6.07) is 7.15. The van der Waals surface area contributed by atoms with E-state index in [-0.39, 0.29) is 11.5 Å². The van der Waals surface area contributed by atoms with Crippen LogP contribution in [0.4, 0.5) is 0 Å². The molecule has 1 aliphatic heterocycles. The van der Waals surface area contributed by atoms with Crippen LogP contribution in [-0.4, -0.2) is 59.0 Å². The van der Waals surface area contributed by atoms with E-state index in [1.807, 2.05) is 0 Å². The summed E-state index contributed by atoms with van der Waals surface area (Å²) in [5.41, 5.74) is 0.377. The summed E-state index contributed by atoms with van der Waals surface area (Å²) < 4.78 is 0. The highest BCUT2D eigenvalue weighted by atomic mass is 16.4. The van der Waals surface area contributed by atoms with Crippen LogP contribution in [0, 0.1) is 0 Å². The van der Waals surface area contributed by atoms with Crippen molar-refractivity contribution in [1.29, 1.82) is 0 Å². The smallest absolute Gasteiger partial charge is 0.336 e. The van der Waals surface area contributed by atoms with Crippen LogP contribution in [0.15, 0.2) is 24.3 Å². The fourth-order valence-corrected chi connectivity index (χ4v) is 2.76. The first-order valence-electron chi connectivity index (χ1n) is 7.02. The van der Waals surface area contributed by atoms with Crippen LogP contribution < -0.4 is 0 Å². The van der Waals surface area contributed by atoms with Crippen molar-refractivity contribution < 1.29 is 14.7 Å². The van der Waals surface area contributed by atoms with Crippen molar-refractivity contribution in [3.8, 4) is 0 Å². The third-order valence-electron chi connectivity index (χ3n) is 4.05. The topological polar surface area (TPSA) is 60.9 Å². The Balaban J connectivity index is 1.71. The zero-order valence-electron chi connectivity index (χ0n) is 11.3. The summed E-state index contributed by atoms with van der Waals surface area (Å²) in [6.07, 6.45) is 2.55. The molecule has 20 heavy (non-hydrogen) atoms. The van der Waals surface area contributed by atoms with Gasteiger partial charge in [0.05, 0.1) is 11.1 Å². The molecule has 1 saturated carbocycles. The van der Waals surface area contributed by atoms with Crippen molar-refractivity contribution in [3.05, 3.63) is 35.4 Å². The fraction of sp³-hybridized carbons (Fsp3) is 0.467. The van der Waals surface area contributed by atoms with Gasteiger partial charge < -0.3 is 10.0 Å². The standard InChI is InChI=1S/C15H18N2O3/c18-14(12-3-1-2-4-13(12)15(19)20)17-9-7-16(8-10-17)11-5-6-11/h1-4,11H,5-10H2,(H,19,20). The van der Waals surface area contributed by atoms with Gasteiger partial charge in [-0.2, -0.15) is 0 Å². The van der Waals surface area contributed by atoms with Crippen molar-refractivity contribution >= 4 is 11.9 Å². The first-order chi connectivity index (χ1) is 9.66. The van der Waals surface area contributed by atoms with Crippen LogP contribution in [-0.2, 0) is 0 Å². The number of piperazine rings is 1. The van der Waals surface area contributed by atoms with Gasteiger partial charge in [0.2, 0.25) is 0 Å². The molecule has 5 nitrogen and oxygen atoms in total. The second-order valence-corrected chi connectivity index (χ2v) is 5.41. The predicted molar refractivity (Wildman–Crippen MR) is 73.9 cm³/mol. The van der Waals surface area contributed by atoms with Crippen molar-refractivity contribution in [2.24, 2.45) is 0 Å². The Morgan fingerprint density at radius 2 is 1.60 bits per heavy atom. The number of carboxylic acids is 1. The number of hydrogen-bond donors (Lipinski definition) is 1. The highest BCUT2D eigenvalue weighted by Crippen LogP contribution is 2.27. The second-order valence-electron chi connectivity index (χ2n) is 5.41. The summed E-state index contributed by atoms with van der Waals surface area (Å²) >= 11 is 0. The molecular formula is C15H18N2O3. The molecule has 0 unspecified atom stereocenters. The molecule has 0 atom stereocenters. The van der Waals surface area contributed by atoms with E-state index in [2.05, 4.69) is 4.90 Å². The highest BCUT2D eigenvalue weighted by molar-refractivity contribution is 6.04. The molecule has 106 valence electrons. The molecule has 1 amide bonds. The van der Waals surface area contributed by atoms with Gasteiger partial charge in [0.1, 0.15) is 0 Å². The minimum atomic E-state index is -1.05. The van der Waals surface area contributed by atoms with E-state index < -0.39 is 5.97 Å². The minimum Gasteiger partial charge on any atom is -0.478 e. The maximum absolute atomic E-state index is 12.5. The fourth-order valence-electron chi connectivity index (χ4n) is 2.76. The summed E-state index contributed by atoms with van der Waals surface area (Å²) in [4.78, 5) is 27.8. The van der Waals surface area contributed by atoms with Crippen molar-refractivity contribution in [2.45, 2.75) is 18.9 Å². The molecule has 1 N–H and O–H groups in total.